The summed E-state index contributed by atoms with van der Waals surface area (Å²) in [6.45, 7) is 5.16. The van der Waals surface area contributed by atoms with Crippen LogP contribution in [0, 0.1) is 6.92 Å². The maximum atomic E-state index is 6.19. The van der Waals surface area contributed by atoms with Gasteiger partial charge in [0.2, 0.25) is 0 Å². The molecular weight excluding hydrogens is 459 g/mol. The summed E-state index contributed by atoms with van der Waals surface area (Å²) in [5.41, 5.74) is 4.97. The van der Waals surface area contributed by atoms with Crippen molar-refractivity contribution in [3.05, 3.63) is 63.1 Å². The van der Waals surface area contributed by atoms with Crippen LogP contribution in [0.3, 0.4) is 0 Å². The lowest BCUT2D eigenvalue weighted by Gasteiger charge is -2.29. The van der Waals surface area contributed by atoms with E-state index in [0.29, 0.717) is 10.0 Å². The minimum absolute atomic E-state index is 0. The second kappa shape index (κ2) is 10.4. The number of hydrogen-bond acceptors (Lipinski definition) is 4. The number of halogens is 3. The highest BCUT2D eigenvalue weighted by Gasteiger charge is 2.18. The second-order valence-electron chi connectivity index (χ2n) is 7.49. The van der Waals surface area contributed by atoms with Crippen LogP contribution in [0.4, 0.5) is 0 Å². The van der Waals surface area contributed by atoms with Gasteiger partial charge in [0.15, 0.2) is 11.0 Å². The molecule has 0 unspecified atom stereocenters. The number of nitrogens with zero attached hydrogens (tertiary/aromatic N) is 4. The van der Waals surface area contributed by atoms with Gasteiger partial charge in [-0.3, -0.25) is 4.90 Å². The van der Waals surface area contributed by atoms with E-state index in [-0.39, 0.29) is 12.4 Å². The first kappa shape index (κ1) is 23.4. The Hall–Kier alpha value is -1.24. The van der Waals surface area contributed by atoms with Crippen LogP contribution in [0.2, 0.25) is 10.0 Å². The molecule has 1 aromatic heterocycles. The van der Waals surface area contributed by atoms with Crippen LogP contribution in [0.15, 0.2) is 41.6 Å². The molecule has 0 aliphatic carbocycles. The highest BCUT2D eigenvalue weighted by molar-refractivity contribution is 7.99. The van der Waals surface area contributed by atoms with Gasteiger partial charge in [-0.1, -0.05) is 64.8 Å². The summed E-state index contributed by atoms with van der Waals surface area (Å²) in [6.07, 6.45) is 2.14. The molecule has 0 N–H and O–H groups in total. The zero-order chi connectivity index (χ0) is 20.4. The first-order valence-electron chi connectivity index (χ1n) is 9.79. The Morgan fingerprint density at radius 3 is 2.47 bits per heavy atom. The van der Waals surface area contributed by atoms with Crippen molar-refractivity contribution in [2.24, 2.45) is 7.05 Å². The van der Waals surface area contributed by atoms with Gasteiger partial charge in [-0.25, -0.2) is 0 Å². The van der Waals surface area contributed by atoms with Gasteiger partial charge < -0.3 is 4.57 Å². The van der Waals surface area contributed by atoms with Crippen molar-refractivity contribution >= 4 is 47.4 Å². The fourth-order valence-electron chi connectivity index (χ4n) is 3.64. The van der Waals surface area contributed by atoms with Gasteiger partial charge >= 0.3 is 0 Å². The van der Waals surface area contributed by atoms with E-state index in [1.807, 2.05) is 19.2 Å². The molecule has 0 saturated heterocycles. The molecule has 8 heteroatoms. The molecule has 3 aromatic rings. The van der Waals surface area contributed by atoms with Crippen molar-refractivity contribution in [1.82, 2.24) is 19.7 Å². The van der Waals surface area contributed by atoms with Crippen molar-refractivity contribution in [2.45, 2.75) is 31.5 Å². The Labute approximate surface area is 198 Å². The maximum Gasteiger partial charge on any atom is 0.191 e. The Morgan fingerprint density at radius 2 is 1.73 bits per heavy atom. The average molecular weight is 484 g/mol. The summed E-state index contributed by atoms with van der Waals surface area (Å²) in [5.74, 6) is 1.93. The highest BCUT2D eigenvalue weighted by Crippen LogP contribution is 2.29. The van der Waals surface area contributed by atoms with Gasteiger partial charge in [-0.2, -0.15) is 0 Å². The molecule has 0 fully saturated rings. The van der Waals surface area contributed by atoms with E-state index in [1.54, 1.807) is 11.8 Å². The van der Waals surface area contributed by atoms with E-state index in [1.165, 1.54) is 16.7 Å². The molecule has 1 aliphatic rings. The van der Waals surface area contributed by atoms with E-state index in [2.05, 4.69) is 50.9 Å². The first-order valence-corrected chi connectivity index (χ1v) is 11.5. The van der Waals surface area contributed by atoms with Crippen molar-refractivity contribution in [2.75, 3.05) is 18.8 Å². The van der Waals surface area contributed by atoms with E-state index in [4.69, 9.17) is 23.2 Å². The van der Waals surface area contributed by atoms with Gasteiger partial charge in [-0.05, 0) is 49.6 Å². The van der Waals surface area contributed by atoms with Crippen molar-refractivity contribution in [3.63, 3.8) is 0 Å². The Balaban J connectivity index is 0.00000256. The molecular formula is C22H25Cl3N4S. The molecule has 0 bridgehead atoms. The summed E-state index contributed by atoms with van der Waals surface area (Å²) in [7, 11) is 2.04. The lowest BCUT2D eigenvalue weighted by molar-refractivity contribution is 0.255. The van der Waals surface area contributed by atoms with Gasteiger partial charge in [0, 0.05) is 31.5 Å². The molecule has 0 saturated carbocycles. The summed E-state index contributed by atoms with van der Waals surface area (Å²) >= 11 is 14.1. The maximum absolute atomic E-state index is 6.19. The van der Waals surface area contributed by atoms with Crippen molar-refractivity contribution in [1.29, 1.82) is 0 Å². The molecule has 30 heavy (non-hydrogen) atoms. The molecule has 0 spiro atoms. The summed E-state index contributed by atoms with van der Waals surface area (Å²) in [5, 5.41) is 11.0. The van der Waals surface area contributed by atoms with Crippen LogP contribution in [0.1, 0.15) is 23.1 Å². The third kappa shape index (κ3) is 5.32. The predicted octanol–water partition coefficient (Wildman–Crippen LogP) is 6.06. The molecule has 0 amide bonds. The molecule has 4 rings (SSSR count). The molecule has 4 nitrogen and oxygen atoms in total. The quantitative estimate of drug-likeness (QED) is 0.315. The monoisotopic (exact) mass is 482 g/mol. The number of benzene rings is 2. The van der Waals surface area contributed by atoms with Crippen molar-refractivity contribution < 1.29 is 0 Å². The SMILES string of the molecule is Cc1ccc(-c2nnc(SCCCN3CCc4cc(Cl)c(Cl)cc4C3)n2C)cc1.Cl. The zero-order valence-corrected chi connectivity index (χ0v) is 20.2. The van der Waals surface area contributed by atoms with Crippen LogP contribution < -0.4 is 0 Å². The first-order chi connectivity index (χ1) is 14.0. The average Bonchev–Trinajstić information content (AvgIpc) is 3.07. The van der Waals surface area contributed by atoms with Gasteiger partial charge in [0.05, 0.1) is 10.0 Å². The largest absolute Gasteiger partial charge is 0.305 e. The number of hydrogen-bond donors (Lipinski definition) is 0. The van der Waals surface area contributed by atoms with E-state index in [0.717, 1.165) is 54.8 Å². The lowest BCUT2D eigenvalue weighted by atomic mass is 10.00. The fourth-order valence-corrected chi connectivity index (χ4v) is 4.85. The molecule has 0 radical (unpaired) electrons. The van der Waals surface area contributed by atoms with Crippen LogP contribution >= 0.6 is 47.4 Å². The van der Waals surface area contributed by atoms with Gasteiger partial charge in [0.1, 0.15) is 0 Å². The Bertz CT molecular complexity index is 1000. The van der Waals surface area contributed by atoms with E-state index in [9.17, 15) is 0 Å². The molecule has 160 valence electrons. The number of fused-ring (bicyclic) bond motifs is 1. The summed E-state index contributed by atoms with van der Waals surface area (Å²) in [6, 6.07) is 12.4. The molecule has 2 heterocycles. The van der Waals surface area contributed by atoms with Crippen LogP contribution in [-0.4, -0.2) is 38.5 Å². The Morgan fingerprint density at radius 1 is 1.03 bits per heavy atom. The zero-order valence-electron chi connectivity index (χ0n) is 17.1. The fraction of sp³-hybridized carbons (Fsp3) is 0.364. The smallest absolute Gasteiger partial charge is 0.191 e. The summed E-state index contributed by atoms with van der Waals surface area (Å²) in [4.78, 5) is 2.49. The standard InChI is InChI=1S/C22H24Cl2N4S.ClH/c1-15-4-6-16(7-5-15)21-25-26-22(27(21)2)29-11-3-9-28-10-8-17-12-19(23)20(24)13-18(17)14-28;/h4-7,12-13H,3,8-11,14H2,1-2H3;1H. The van der Waals surface area contributed by atoms with E-state index >= 15 is 0 Å². The Kier molecular flexibility index (Phi) is 8.11. The third-order valence-electron chi connectivity index (χ3n) is 5.33. The summed E-state index contributed by atoms with van der Waals surface area (Å²) < 4.78 is 2.08. The van der Waals surface area contributed by atoms with E-state index < -0.39 is 0 Å². The molecule has 0 atom stereocenters. The normalized spacial score (nSPS) is 13.7. The highest BCUT2D eigenvalue weighted by atomic mass is 35.5. The van der Waals surface area contributed by atoms with Gasteiger partial charge in [-0.15, -0.1) is 22.6 Å². The second-order valence-corrected chi connectivity index (χ2v) is 9.37. The topological polar surface area (TPSA) is 34.0 Å². The predicted molar refractivity (Wildman–Crippen MR) is 129 cm³/mol. The minimum Gasteiger partial charge on any atom is -0.305 e. The minimum atomic E-state index is 0. The molecule has 2 aromatic carbocycles. The lowest BCUT2D eigenvalue weighted by Crippen LogP contribution is -2.31. The van der Waals surface area contributed by atoms with Crippen LogP contribution in [0.25, 0.3) is 11.4 Å². The molecule has 1 aliphatic heterocycles. The van der Waals surface area contributed by atoms with Crippen LogP contribution in [-0.2, 0) is 20.0 Å². The number of aryl methyl sites for hydroxylation is 1. The number of aromatic nitrogens is 3. The third-order valence-corrected chi connectivity index (χ3v) is 7.16. The van der Waals surface area contributed by atoms with Gasteiger partial charge in [0.25, 0.3) is 0 Å². The van der Waals surface area contributed by atoms with Crippen LogP contribution in [0.5, 0.6) is 0 Å². The number of thioether (sulfide) groups is 1. The number of rotatable bonds is 6. The van der Waals surface area contributed by atoms with Crippen molar-refractivity contribution in [3.8, 4) is 11.4 Å².